The van der Waals surface area contributed by atoms with E-state index in [2.05, 4.69) is 14.2 Å². The van der Waals surface area contributed by atoms with E-state index in [4.69, 9.17) is 0 Å². The summed E-state index contributed by atoms with van der Waals surface area (Å²) in [7, 11) is 0. The van der Waals surface area contributed by atoms with Crippen LogP contribution in [0.2, 0.25) is 0 Å². The number of esters is 4. The van der Waals surface area contributed by atoms with Gasteiger partial charge in [0.2, 0.25) is 0 Å². The van der Waals surface area contributed by atoms with Crippen LogP contribution in [0.5, 0.6) is 0 Å². The predicted octanol–water partition coefficient (Wildman–Crippen LogP) is 0.295. The lowest BCUT2D eigenvalue weighted by molar-refractivity contribution is -0.153. The van der Waals surface area contributed by atoms with Crippen molar-refractivity contribution in [1.82, 2.24) is 0 Å². The number of rotatable bonds is 6. The van der Waals surface area contributed by atoms with Gasteiger partial charge < -0.3 is 14.2 Å². The molecule has 0 saturated carbocycles. The number of hydrogen-bond donors (Lipinski definition) is 0. The molecule has 0 radical (unpaired) electrons. The molecule has 0 aliphatic rings. The Morgan fingerprint density at radius 3 is 1.32 bits per heavy atom. The summed E-state index contributed by atoms with van der Waals surface area (Å²) in [5, 5.41) is 0. The number of carbonyl (C=O) groups is 4. The first-order valence-corrected chi connectivity index (χ1v) is 5.45. The van der Waals surface area contributed by atoms with Crippen LogP contribution in [0.25, 0.3) is 0 Å². The molecule has 19 heavy (non-hydrogen) atoms. The fourth-order valence-electron chi connectivity index (χ4n) is 0.820. The van der Waals surface area contributed by atoms with Gasteiger partial charge in [0.05, 0.1) is 13.2 Å². The molecule has 0 saturated heterocycles. The molecule has 7 heteroatoms. The minimum absolute atomic E-state index is 0.166. The zero-order chi connectivity index (χ0) is 14.7. The first-order valence-electron chi connectivity index (χ1n) is 5.45. The van der Waals surface area contributed by atoms with Gasteiger partial charge in [0.25, 0.3) is 0 Å². The van der Waals surface area contributed by atoms with Crippen molar-refractivity contribution in [2.75, 3.05) is 13.2 Å². The van der Waals surface area contributed by atoms with E-state index in [1.807, 2.05) is 0 Å². The first-order chi connectivity index (χ1) is 8.99. The maximum atomic E-state index is 11.0. The van der Waals surface area contributed by atoms with Crippen LogP contribution in [0.4, 0.5) is 0 Å². The van der Waals surface area contributed by atoms with E-state index in [1.54, 1.807) is 13.8 Å². The van der Waals surface area contributed by atoms with Crippen LogP contribution in [-0.2, 0) is 33.4 Å². The fraction of sp³-hybridized carbons (Fsp3) is 0.333. The van der Waals surface area contributed by atoms with Crippen LogP contribution < -0.4 is 0 Å². The Kier molecular flexibility index (Phi) is 8.35. The minimum Gasteiger partial charge on any atom is -0.463 e. The molecule has 0 atom stereocenters. The lowest BCUT2D eigenvalue weighted by atomic mass is 10.5. The van der Waals surface area contributed by atoms with Crippen LogP contribution in [0.3, 0.4) is 0 Å². The van der Waals surface area contributed by atoms with Gasteiger partial charge in [-0.05, 0) is 13.8 Å². The second-order valence-electron chi connectivity index (χ2n) is 2.91. The van der Waals surface area contributed by atoms with E-state index in [1.165, 1.54) is 0 Å². The van der Waals surface area contributed by atoms with Gasteiger partial charge in [-0.2, -0.15) is 0 Å². The maximum absolute atomic E-state index is 11.0. The van der Waals surface area contributed by atoms with Crippen molar-refractivity contribution >= 4 is 23.9 Å². The normalized spacial score (nSPS) is 10.4. The Bertz CT molecular complexity index is 368. The molecule has 0 aliphatic carbocycles. The minimum atomic E-state index is -1.05. The van der Waals surface area contributed by atoms with E-state index >= 15 is 0 Å². The van der Waals surface area contributed by atoms with Crippen molar-refractivity contribution in [2.24, 2.45) is 0 Å². The van der Waals surface area contributed by atoms with E-state index < -0.39 is 23.9 Å². The third kappa shape index (κ3) is 9.28. The largest absolute Gasteiger partial charge is 0.463 e. The summed E-state index contributed by atoms with van der Waals surface area (Å²) < 4.78 is 13.3. The van der Waals surface area contributed by atoms with Crippen molar-refractivity contribution in [2.45, 2.75) is 13.8 Å². The lowest BCUT2D eigenvalue weighted by Crippen LogP contribution is -2.09. The van der Waals surface area contributed by atoms with Gasteiger partial charge >= 0.3 is 23.9 Å². The number of hydrogen-bond acceptors (Lipinski definition) is 7. The highest BCUT2D eigenvalue weighted by atomic mass is 16.6. The summed E-state index contributed by atoms with van der Waals surface area (Å²) >= 11 is 0. The number of ether oxygens (including phenoxy) is 3. The van der Waals surface area contributed by atoms with Gasteiger partial charge in [-0.15, -0.1) is 0 Å². The Balaban J connectivity index is 4.16. The summed E-state index contributed by atoms with van der Waals surface area (Å²) in [4.78, 5) is 43.8. The molecular formula is C12H14O7. The Labute approximate surface area is 109 Å². The molecule has 0 spiro atoms. The van der Waals surface area contributed by atoms with E-state index in [0.717, 1.165) is 24.3 Å². The molecule has 0 N–H and O–H groups in total. The summed E-state index contributed by atoms with van der Waals surface area (Å²) in [6.45, 7) is 3.54. The molecule has 0 aliphatic heterocycles. The highest BCUT2D eigenvalue weighted by molar-refractivity contribution is 6.00. The highest BCUT2D eigenvalue weighted by Gasteiger charge is 2.06. The fourth-order valence-corrected chi connectivity index (χ4v) is 0.820. The topological polar surface area (TPSA) is 96.0 Å². The zero-order valence-corrected chi connectivity index (χ0v) is 10.6. The monoisotopic (exact) mass is 270 g/mol. The average Bonchev–Trinajstić information content (AvgIpc) is 2.35. The Morgan fingerprint density at radius 2 is 1.00 bits per heavy atom. The third-order valence-electron chi connectivity index (χ3n) is 1.49. The summed E-state index contributed by atoms with van der Waals surface area (Å²) in [6, 6.07) is 0. The van der Waals surface area contributed by atoms with Crippen molar-refractivity contribution in [3.8, 4) is 0 Å². The second kappa shape index (κ2) is 9.58. The van der Waals surface area contributed by atoms with Crippen LogP contribution in [0.1, 0.15) is 13.8 Å². The lowest BCUT2D eigenvalue weighted by Gasteiger charge is -1.96. The molecule has 0 heterocycles. The molecular weight excluding hydrogens is 256 g/mol. The van der Waals surface area contributed by atoms with E-state index in [9.17, 15) is 19.2 Å². The highest BCUT2D eigenvalue weighted by Crippen LogP contribution is 1.89. The zero-order valence-electron chi connectivity index (χ0n) is 10.6. The smallest absolute Gasteiger partial charge is 0.338 e. The van der Waals surface area contributed by atoms with Crippen molar-refractivity contribution in [1.29, 1.82) is 0 Å². The van der Waals surface area contributed by atoms with E-state index in [0.29, 0.717) is 0 Å². The molecule has 7 nitrogen and oxygen atoms in total. The molecule has 0 unspecified atom stereocenters. The third-order valence-corrected chi connectivity index (χ3v) is 1.49. The van der Waals surface area contributed by atoms with Crippen LogP contribution in [0.15, 0.2) is 24.3 Å². The maximum Gasteiger partial charge on any atom is 0.338 e. The van der Waals surface area contributed by atoms with Gasteiger partial charge in [0.15, 0.2) is 0 Å². The molecule has 0 rings (SSSR count). The van der Waals surface area contributed by atoms with Gasteiger partial charge in [-0.3, -0.25) is 0 Å². The molecule has 0 amide bonds. The van der Waals surface area contributed by atoms with Crippen molar-refractivity contribution < 1.29 is 33.4 Å². The summed E-state index contributed by atoms with van der Waals surface area (Å²) in [5.41, 5.74) is 0. The van der Waals surface area contributed by atoms with Crippen LogP contribution >= 0.6 is 0 Å². The second-order valence-corrected chi connectivity index (χ2v) is 2.91. The molecule has 0 fully saturated rings. The van der Waals surface area contributed by atoms with E-state index in [-0.39, 0.29) is 13.2 Å². The molecule has 104 valence electrons. The Hall–Kier alpha value is -2.44. The van der Waals surface area contributed by atoms with Gasteiger partial charge in [0.1, 0.15) is 0 Å². The standard InChI is InChI=1S/C12H14O7/c1-3-17-9(13)5-7-11(15)19-12(16)8-6-10(14)18-4-2/h5-8H,3-4H2,1-2H3/b7-5-,8-6-. The summed E-state index contributed by atoms with van der Waals surface area (Å²) in [5.74, 6) is -3.55. The van der Waals surface area contributed by atoms with Crippen LogP contribution in [0, 0.1) is 0 Å². The summed E-state index contributed by atoms with van der Waals surface area (Å²) in [6.07, 6.45) is 3.14. The van der Waals surface area contributed by atoms with Crippen molar-refractivity contribution in [3.63, 3.8) is 0 Å². The van der Waals surface area contributed by atoms with Gasteiger partial charge in [-0.25, -0.2) is 19.2 Å². The quantitative estimate of drug-likeness (QED) is 0.296. The van der Waals surface area contributed by atoms with Crippen LogP contribution in [-0.4, -0.2) is 37.1 Å². The molecule has 0 bridgehead atoms. The first kappa shape index (κ1) is 16.6. The van der Waals surface area contributed by atoms with Gasteiger partial charge in [0, 0.05) is 24.3 Å². The predicted molar refractivity (Wildman–Crippen MR) is 62.6 cm³/mol. The van der Waals surface area contributed by atoms with Gasteiger partial charge in [-0.1, -0.05) is 0 Å². The number of carbonyl (C=O) groups excluding carboxylic acids is 4. The van der Waals surface area contributed by atoms with Crippen molar-refractivity contribution in [3.05, 3.63) is 24.3 Å². The SMILES string of the molecule is CCOC(=O)/C=C\C(=O)OC(=O)/C=C\C(=O)OCC. The molecule has 0 aromatic carbocycles. The average molecular weight is 270 g/mol. The molecule has 0 aromatic rings. The molecule has 0 aromatic heterocycles. The Morgan fingerprint density at radius 1 is 0.684 bits per heavy atom.